The number of aliphatic carboxylic acids is 1. The third-order valence-electron chi connectivity index (χ3n) is 4.91. The molecular weight excluding hydrogens is 386 g/mol. The Kier molecular flexibility index (Phi) is 7.26. The van der Waals surface area contributed by atoms with E-state index in [9.17, 15) is 19.5 Å². The van der Waals surface area contributed by atoms with E-state index in [1.165, 1.54) is 4.90 Å². The number of urea groups is 1. The fourth-order valence-corrected chi connectivity index (χ4v) is 3.19. The van der Waals surface area contributed by atoms with Gasteiger partial charge in [0.05, 0.1) is 0 Å². The van der Waals surface area contributed by atoms with Crippen LogP contribution in [0.2, 0.25) is 0 Å². The minimum Gasteiger partial charge on any atom is -0.480 e. The summed E-state index contributed by atoms with van der Waals surface area (Å²) in [6, 6.07) is 17.1. The molecule has 0 aromatic heterocycles. The number of carbonyl (C=O) groups excluding carboxylic acids is 2. The van der Waals surface area contributed by atoms with Crippen LogP contribution in [0.1, 0.15) is 11.1 Å². The molecule has 1 aliphatic heterocycles. The van der Waals surface area contributed by atoms with Crippen molar-refractivity contribution in [2.75, 3.05) is 26.2 Å². The normalized spacial score (nSPS) is 14.7. The molecule has 0 radical (unpaired) electrons. The van der Waals surface area contributed by atoms with Crippen LogP contribution >= 0.6 is 0 Å². The number of nitrogens with one attached hydrogen (secondary N) is 1. The molecule has 0 unspecified atom stereocenters. The molecule has 1 atom stereocenters. The van der Waals surface area contributed by atoms with Crippen LogP contribution in [0.3, 0.4) is 0 Å². The second kappa shape index (κ2) is 10.3. The van der Waals surface area contributed by atoms with Gasteiger partial charge in [-0.1, -0.05) is 60.7 Å². The Bertz CT molecular complexity index is 852. The van der Waals surface area contributed by atoms with E-state index in [-0.39, 0.29) is 13.0 Å². The zero-order chi connectivity index (χ0) is 21.3. The highest BCUT2D eigenvalue weighted by Crippen LogP contribution is 2.09. The Morgan fingerprint density at radius 3 is 1.97 bits per heavy atom. The lowest BCUT2D eigenvalue weighted by Crippen LogP contribution is -2.56. The highest BCUT2D eigenvalue weighted by molar-refractivity contribution is 5.83. The topological polar surface area (TPSA) is 99.2 Å². The van der Waals surface area contributed by atoms with E-state index in [1.54, 1.807) is 4.90 Å². The number of benzene rings is 2. The summed E-state index contributed by atoms with van der Waals surface area (Å²) in [7, 11) is 0. The lowest BCUT2D eigenvalue weighted by Gasteiger charge is -2.34. The first-order valence-electron chi connectivity index (χ1n) is 9.80. The quantitative estimate of drug-likeness (QED) is 0.760. The third kappa shape index (κ3) is 5.97. The van der Waals surface area contributed by atoms with E-state index in [1.807, 2.05) is 60.7 Å². The number of carboxylic acid groups (broad SMARTS) is 1. The van der Waals surface area contributed by atoms with Crippen LogP contribution in [0.4, 0.5) is 9.59 Å². The van der Waals surface area contributed by atoms with Crippen molar-refractivity contribution in [3.05, 3.63) is 71.8 Å². The highest BCUT2D eigenvalue weighted by Gasteiger charge is 2.28. The van der Waals surface area contributed by atoms with Crippen molar-refractivity contribution in [1.29, 1.82) is 0 Å². The Morgan fingerprint density at radius 1 is 0.867 bits per heavy atom. The Balaban J connectivity index is 1.45. The first-order chi connectivity index (χ1) is 14.5. The minimum absolute atomic E-state index is 0.195. The van der Waals surface area contributed by atoms with Gasteiger partial charge in [-0.3, -0.25) is 0 Å². The Morgan fingerprint density at radius 2 is 1.40 bits per heavy atom. The van der Waals surface area contributed by atoms with Crippen LogP contribution in [0.15, 0.2) is 60.7 Å². The minimum atomic E-state index is -1.09. The number of piperazine rings is 1. The van der Waals surface area contributed by atoms with E-state index < -0.39 is 24.1 Å². The SMILES string of the molecule is O=C(O)[C@H](Cc1ccccc1)NC(=O)N1CCN(C(=O)OCc2ccccc2)CC1. The second-order valence-electron chi connectivity index (χ2n) is 7.04. The summed E-state index contributed by atoms with van der Waals surface area (Å²) >= 11 is 0. The molecule has 2 N–H and O–H groups in total. The van der Waals surface area contributed by atoms with Crippen LogP contribution in [0.5, 0.6) is 0 Å². The number of hydrogen-bond donors (Lipinski definition) is 2. The fraction of sp³-hybridized carbons (Fsp3) is 0.318. The molecule has 0 aliphatic carbocycles. The monoisotopic (exact) mass is 411 g/mol. The van der Waals surface area contributed by atoms with Crippen LogP contribution in [0, 0.1) is 0 Å². The maximum atomic E-state index is 12.5. The molecule has 1 heterocycles. The molecule has 2 aromatic carbocycles. The van der Waals surface area contributed by atoms with E-state index in [2.05, 4.69) is 5.32 Å². The third-order valence-corrected chi connectivity index (χ3v) is 4.91. The molecule has 1 fully saturated rings. The molecule has 8 nitrogen and oxygen atoms in total. The van der Waals surface area contributed by atoms with Gasteiger partial charge in [0, 0.05) is 32.6 Å². The second-order valence-corrected chi connectivity index (χ2v) is 7.04. The van der Waals surface area contributed by atoms with E-state index in [4.69, 9.17) is 4.74 Å². The fourth-order valence-electron chi connectivity index (χ4n) is 3.19. The summed E-state index contributed by atoms with van der Waals surface area (Å²) in [6.07, 6.45) is -0.223. The van der Waals surface area contributed by atoms with E-state index in [0.717, 1.165) is 11.1 Å². The maximum absolute atomic E-state index is 12.5. The summed E-state index contributed by atoms with van der Waals surface area (Å²) in [4.78, 5) is 39.3. The van der Waals surface area contributed by atoms with Crippen molar-refractivity contribution in [3.63, 3.8) is 0 Å². The van der Waals surface area contributed by atoms with Gasteiger partial charge in [-0.05, 0) is 11.1 Å². The summed E-state index contributed by atoms with van der Waals surface area (Å²) in [5, 5.41) is 12.0. The molecule has 3 amide bonds. The molecule has 3 rings (SSSR count). The van der Waals surface area contributed by atoms with Crippen molar-refractivity contribution in [2.24, 2.45) is 0 Å². The molecule has 1 saturated heterocycles. The zero-order valence-electron chi connectivity index (χ0n) is 16.6. The standard InChI is InChI=1S/C22H25N3O5/c26-20(27)19(15-17-7-3-1-4-8-17)23-21(28)24-11-13-25(14-12-24)22(29)30-16-18-9-5-2-6-10-18/h1-10,19H,11-16H2,(H,23,28)(H,26,27)/t19-/m0/s1. The number of nitrogens with zero attached hydrogens (tertiary/aromatic N) is 2. The molecule has 0 saturated carbocycles. The average Bonchev–Trinajstić information content (AvgIpc) is 2.78. The van der Waals surface area contributed by atoms with Crippen LogP contribution in [-0.2, 0) is 22.6 Å². The average molecular weight is 411 g/mol. The van der Waals surface area contributed by atoms with Gasteiger partial charge in [-0.15, -0.1) is 0 Å². The van der Waals surface area contributed by atoms with Gasteiger partial charge >= 0.3 is 18.1 Å². The summed E-state index contributed by atoms with van der Waals surface area (Å²) in [6.45, 7) is 1.48. The Labute approximate surface area is 175 Å². The lowest BCUT2D eigenvalue weighted by molar-refractivity contribution is -0.139. The number of carboxylic acids is 1. The van der Waals surface area contributed by atoms with E-state index >= 15 is 0 Å². The number of ether oxygens (including phenoxy) is 1. The number of hydrogen-bond acceptors (Lipinski definition) is 4. The summed E-state index contributed by atoms with van der Waals surface area (Å²) in [5.74, 6) is -1.09. The molecule has 1 aliphatic rings. The van der Waals surface area contributed by atoms with Gasteiger partial charge in [-0.25, -0.2) is 14.4 Å². The van der Waals surface area contributed by atoms with Crippen LogP contribution in [0.25, 0.3) is 0 Å². The summed E-state index contributed by atoms with van der Waals surface area (Å²) < 4.78 is 5.32. The zero-order valence-corrected chi connectivity index (χ0v) is 16.6. The van der Waals surface area contributed by atoms with Crippen molar-refractivity contribution in [1.82, 2.24) is 15.1 Å². The van der Waals surface area contributed by atoms with Gasteiger partial charge in [0.1, 0.15) is 12.6 Å². The van der Waals surface area contributed by atoms with Crippen molar-refractivity contribution in [2.45, 2.75) is 19.1 Å². The molecular formula is C22H25N3O5. The van der Waals surface area contributed by atoms with Gasteiger partial charge < -0.3 is 25.0 Å². The van der Waals surface area contributed by atoms with Gasteiger partial charge in [-0.2, -0.15) is 0 Å². The number of rotatable bonds is 6. The molecule has 0 spiro atoms. The highest BCUT2D eigenvalue weighted by atomic mass is 16.6. The van der Waals surface area contributed by atoms with Gasteiger partial charge in [0.15, 0.2) is 0 Å². The van der Waals surface area contributed by atoms with Gasteiger partial charge in [0.2, 0.25) is 0 Å². The smallest absolute Gasteiger partial charge is 0.410 e. The molecule has 8 heteroatoms. The first kappa shape index (κ1) is 21.2. The molecule has 2 aromatic rings. The van der Waals surface area contributed by atoms with Crippen molar-refractivity contribution in [3.8, 4) is 0 Å². The lowest BCUT2D eigenvalue weighted by atomic mass is 10.1. The number of carbonyl (C=O) groups is 3. The first-order valence-corrected chi connectivity index (χ1v) is 9.80. The van der Waals surface area contributed by atoms with Crippen molar-refractivity contribution < 1.29 is 24.2 Å². The van der Waals surface area contributed by atoms with Crippen LogP contribution < -0.4 is 5.32 Å². The van der Waals surface area contributed by atoms with E-state index in [0.29, 0.717) is 26.2 Å². The predicted molar refractivity (Wildman–Crippen MR) is 110 cm³/mol. The molecule has 0 bridgehead atoms. The predicted octanol–water partition coefficient (Wildman–Crippen LogP) is 2.35. The van der Waals surface area contributed by atoms with Crippen molar-refractivity contribution >= 4 is 18.1 Å². The maximum Gasteiger partial charge on any atom is 0.410 e. The van der Waals surface area contributed by atoms with Gasteiger partial charge in [0.25, 0.3) is 0 Å². The Hall–Kier alpha value is -3.55. The molecule has 30 heavy (non-hydrogen) atoms. The van der Waals surface area contributed by atoms with Crippen LogP contribution in [-0.4, -0.2) is 65.2 Å². The molecule has 158 valence electrons. The summed E-state index contributed by atoms with van der Waals surface area (Å²) in [5.41, 5.74) is 1.73. The number of amides is 3. The largest absolute Gasteiger partial charge is 0.480 e.